The van der Waals surface area contributed by atoms with Crippen LogP contribution in [0, 0.1) is 0 Å². The van der Waals surface area contributed by atoms with Gasteiger partial charge >= 0.3 is 6.03 Å². The third-order valence-electron chi connectivity index (χ3n) is 4.67. The maximum atomic E-state index is 12.4. The van der Waals surface area contributed by atoms with Crippen LogP contribution in [-0.4, -0.2) is 58.4 Å². The summed E-state index contributed by atoms with van der Waals surface area (Å²) in [5.74, 6) is 0. The number of piperidine rings is 1. The maximum Gasteiger partial charge on any atom is 0.317 e. The molecular formula is C17H25N5O2. The zero-order valence-corrected chi connectivity index (χ0v) is 14.5. The minimum absolute atomic E-state index is 0.0311. The summed E-state index contributed by atoms with van der Waals surface area (Å²) >= 11 is 0. The van der Waals surface area contributed by atoms with Crippen LogP contribution in [0.25, 0.3) is 11.0 Å². The summed E-state index contributed by atoms with van der Waals surface area (Å²) in [5.41, 5.74) is 2.44. The monoisotopic (exact) mass is 331 g/mol. The fourth-order valence-corrected chi connectivity index (χ4v) is 3.12. The van der Waals surface area contributed by atoms with Gasteiger partial charge in [-0.05, 0) is 54.7 Å². The third-order valence-corrected chi connectivity index (χ3v) is 4.67. The number of urea groups is 1. The van der Waals surface area contributed by atoms with Gasteiger partial charge in [-0.25, -0.2) is 9.42 Å². The normalized spacial score (nSPS) is 16.7. The summed E-state index contributed by atoms with van der Waals surface area (Å²) in [6, 6.07) is 6.50. The zero-order chi connectivity index (χ0) is 17.1. The smallest absolute Gasteiger partial charge is 0.317 e. The number of hydrogen-bond acceptors (Lipinski definition) is 5. The summed E-state index contributed by atoms with van der Waals surface area (Å²) in [5, 5.41) is 10.8. The highest BCUT2D eigenvalue weighted by Crippen LogP contribution is 2.15. The van der Waals surface area contributed by atoms with Gasteiger partial charge in [0.1, 0.15) is 11.0 Å². The van der Waals surface area contributed by atoms with Gasteiger partial charge in [-0.15, -0.1) is 0 Å². The lowest BCUT2D eigenvalue weighted by atomic mass is 10.0. The maximum absolute atomic E-state index is 12.4. The van der Waals surface area contributed by atoms with Gasteiger partial charge in [0.25, 0.3) is 0 Å². The molecule has 1 aliphatic rings. The van der Waals surface area contributed by atoms with Crippen LogP contribution in [0.4, 0.5) is 4.79 Å². The first-order chi connectivity index (χ1) is 11.5. The fraction of sp³-hybridized carbons (Fsp3) is 0.588. The predicted molar refractivity (Wildman–Crippen MR) is 91.5 cm³/mol. The van der Waals surface area contributed by atoms with E-state index in [1.165, 1.54) is 0 Å². The Kier molecular flexibility index (Phi) is 4.99. The van der Waals surface area contributed by atoms with Crippen molar-refractivity contribution in [2.75, 3.05) is 20.1 Å². The fourth-order valence-electron chi connectivity index (χ4n) is 3.12. The molecule has 0 aliphatic carbocycles. The number of hydrogen-bond donors (Lipinski definition) is 1. The number of carbonyl (C=O) groups excluding carboxylic acids is 1. The first-order valence-corrected chi connectivity index (χ1v) is 8.50. The van der Waals surface area contributed by atoms with Gasteiger partial charge in [0.15, 0.2) is 0 Å². The van der Waals surface area contributed by atoms with Gasteiger partial charge < -0.3 is 15.1 Å². The van der Waals surface area contributed by atoms with Crippen LogP contribution in [0.5, 0.6) is 0 Å². The second kappa shape index (κ2) is 7.17. The minimum atomic E-state index is -0.0311. The molecule has 2 amide bonds. The second-order valence-corrected chi connectivity index (χ2v) is 6.80. The highest BCUT2D eigenvalue weighted by molar-refractivity contribution is 5.75. The molecule has 0 atom stereocenters. The topological polar surface area (TPSA) is 74.5 Å². The molecule has 7 heteroatoms. The molecule has 1 aromatic heterocycles. The van der Waals surface area contributed by atoms with Crippen LogP contribution in [-0.2, 0) is 6.54 Å². The average molecular weight is 331 g/mol. The Morgan fingerprint density at radius 3 is 2.75 bits per heavy atom. The van der Waals surface area contributed by atoms with E-state index in [1.807, 2.05) is 25.2 Å². The molecular weight excluding hydrogens is 306 g/mol. The molecule has 7 nitrogen and oxygen atoms in total. The number of nitrogens with one attached hydrogen (secondary N) is 1. The van der Waals surface area contributed by atoms with E-state index in [9.17, 15) is 4.79 Å². The van der Waals surface area contributed by atoms with Crippen LogP contribution in [0.3, 0.4) is 0 Å². The number of aromatic nitrogens is 2. The molecule has 1 aromatic carbocycles. The number of likely N-dealkylation sites (tertiary alicyclic amines) is 1. The lowest BCUT2D eigenvalue weighted by Gasteiger charge is -2.35. The Hall–Kier alpha value is -2.15. The highest BCUT2D eigenvalue weighted by Gasteiger charge is 2.23. The van der Waals surface area contributed by atoms with E-state index in [0.29, 0.717) is 18.1 Å². The van der Waals surface area contributed by atoms with Gasteiger partial charge in [-0.3, -0.25) is 0 Å². The van der Waals surface area contributed by atoms with Crippen LogP contribution >= 0.6 is 0 Å². The van der Waals surface area contributed by atoms with Crippen molar-refractivity contribution in [3.8, 4) is 0 Å². The molecule has 3 rings (SSSR count). The Balaban J connectivity index is 1.51. The summed E-state index contributed by atoms with van der Waals surface area (Å²) in [6.45, 7) is 7.05. The van der Waals surface area contributed by atoms with Crippen molar-refractivity contribution >= 4 is 17.1 Å². The van der Waals surface area contributed by atoms with Crippen molar-refractivity contribution in [2.45, 2.75) is 45.3 Å². The number of carbonyl (C=O) groups is 1. The van der Waals surface area contributed by atoms with Crippen molar-refractivity contribution in [3.63, 3.8) is 0 Å². The third kappa shape index (κ3) is 3.84. The predicted octanol–water partition coefficient (Wildman–Crippen LogP) is 2.24. The molecule has 1 aliphatic heterocycles. The summed E-state index contributed by atoms with van der Waals surface area (Å²) in [7, 11) is 1.81. The Bertz CT molecular complexity index is 691. The van der Waals surface area contributed by atoms with E-state index in [4.69, 9.17) is 4.63 Å². The molecule has 1 fully saturated rings. The number of fused-ring (bicyclic) bond motifs is 1. The van der Waals surface area contributed by atoms with E-state index in [-0.39, 0.29) is 12.1 Å². The molecule has 0 saturated carbocycles. The molecule has 24 heavy (non-hydrogen) atoms. The largest absolute Gasteiger partial charge is 0.335 e. The van der Waals surface area contributed by atoms with Crippen molar-refractivity contribution in [1.29, 1.82) is 0 Å². The summed E-state index contributed by atoms with van der Waals surface area (Å²) in [4.78, 5) is 16.5. The van der Waals surface area contributed by atoms with E-state index >= 15 is 0 Å². The van der Waals surface area contributed by atoms with E-state index in [0.717, 1.165) is 37.0 Å². The lowest BCUT2D eigenvalue weighted by Crippen LogP contribution is -2.49. The minimum Gasteiger partial charge on any atom is -0.335 e. The first-order valence-electron chi connectivity index (χ1n) is 8.50. The van der Waals surface area contributed by atoms with Crippen LogP contribution in [0.1, 0.15) is 32.3 Å². The summed E-state index contributed by atoms with van der Waals surface area (Å²) < 4.78 is 4.70. The second-order valence-electron chi connectivity index (χ2n) is 6.80. The first kappa shape index (κ1) is 16.7. The van der Waals surface area contributed by atoms with Crippen LogP contribution < -0.4 is 5.32 Å². The molecule has 130 valence electrons. The summed E-state index contributed by atoms with van der Waals surface area (Å²) in [6.07, 6.45) is 2.02. The molecule has 0 spiro atoms. The molecule has 0 bridgehead atoms. The van der Waals surface area contributed by atoms with E-state index in [1.54, 1.807) is 4.90 Å². The Morgan fingerprint density at radius 2 is 2.04 bits per heavy atom. The molecule has 1 saturated heterocycles. The quantitative estimate of drug-likeness (QED) is 0.930. The van der Waals surface area contributed by atoms with Gasteiger partial charge in [-0.1, -0.05) is 6.07 Å². The molecule has 0 radical (unpaired) electrons. The van der Waals surface area contributed by atoms with E-state index < -0.39 is 0 Å². The average Bonchev–Trinajstić information content (AvgIpc) is 3.03. The van der Waals surface area contributed by atoms with E-state index in [2.05, 4.69) is 34.4 Å². The van der Waals surface area contributed by atoms with Gasteiger partial charge in [0.05, 0.1) is 0 Å². The standard InChI is InChI=1S/C17H25N5O2/c1-12(2)22-8-6-14(7-9-22)18-17(23)21(3)11-13-4-5-15-16(10-13)20-24-19-15/h4-5,10,12,14H,6-9,11H2,1-3H3,(H,18,23). The van der Waals surface area contributed by atoms with Crippen molar-refractivity contribution in [2.24, 2.45) is 0 Å². The number of nitrogens with zero attached hydrogens (tertiary/aromatic N) is 4. The number of benzene rings is 1. The van der Waals surface area contributed by atoms with Crippen LogP contribution in [0.15, 0.2) is 22.8 Å². The SMILES string of the molecule is CC(C)N1CCC(NC(=O)N(C)Cc2ccc3nonc3c2)CC1. The number of rotatable bonds is 4. The van der Waals surface area contributed by atoms with Gasteiger partial charge in [0, 0.05) is 38.8 Å². The van der Waals surface area contributed by atoms with Gasteiger partial charge in [-0.2, -0.15) is 0 Å². The number of amides is 2. The van der Waals surface area contributed by atoms with Crippen LogP contribution in [0.2, 0.25) is 0 Å². The Labute approximate surface area is 141 Å². The Morgan fingerprint density at radius 1 is 1.33 bits per heavy atom. The molecule has 2 heterocycles. The van der Waals surface area contributed by atoms with Crippen molar-refractivity contribution in [1.82, 2.24) is 25.4 Å². The lowest BCUT2D eigenvalue weighted by molar-refractivity contribution is 0.154. The van der Waals surface area contributed by atoms with Crippen molar-refractivity contribution in [3.05, 3.63) is 23.8 Å². The molecule has 0 unspecified atom stereocenters. The molecule has 2 aromatic rings. The zero-order valence-electron chi connectivity index (χ0n) is 14.5. The van der Waals surface area contributed by atoms with Crippen molar-refractivity contribution < 1.29 is 9.42 Å². The molecule has 1 N–H and O–H groups in total. The van der Waals surface area contributed by atoms with Gasteiger partial charge in [0.2, 0.25) is 0 Å². The highest BCUT2D eigenvalue weighted by atomic mass is 16.6.